The Hall–Kier alpha value is -2.03. The van der Waals surface area contributed by atoms with Crippen molar-refractivity contribution < 1.29 is 9.21 Å². The second-order valence-corrected chi connectivity index (χ2v) is 4.22. The molecule has 0 fully saturated rings. The first kappa shape index (κ1) is 10.1. The van der Waals surface area contributed by atoms with Gasteiger partial charge >= 0.3 is 0 Å². The molecule has 0 spiro atoms. The average molecular weight is 227 g/mol. The van der Waals surface area contributed by atoms with Crippen LogP contribution >= 0.6 is 0 Å². The molecule has 0 N–H and O–H groups in total. The van der Waals surface area contributed by atoms with E-state index in [-0.39, 0.29) is 5.78 Å². The van der Waals surface area contributed by atoms with E-state index in [1.54, 1.807) is 6.07 Å². The number of ketones is 1. The molecule has 3 rings (SSSR count). The van der Waals surface area contributed by atoms with E-state index in [1.807, 2.05) is 18.2 Å². The Morgan fingerprint density at radius 2 is 2.06 bits per heavy atom. The van der Waals surface area contributed by atoms with Crippen molar-refractivity contribution in [2.75, 3.05) is 11.4 Å². The van der Waals surface area contributed by atoms with Gasteiger partial charge in [-0.3, -0.25) is 4.79 Å². The lowest BCUT2D eigenvalue weighted by Crippen LogP contribution is -2.12. The molecule has 1 aliphatic rings. The van der Waals surface area contributed by atoms with Gasteiger partial charge in [0.2, 0.25) is 5.88 Å². The van der Waals surface area contributed by atoms with Gasteiger partial charge in [0.25, 0.3) is 0 Å². The minimum atomic E-state index is -0.0382. The number of hydrogen-bond donors (Lipinski definition) is 0. The van der Waals surface area contributed by atoms with Crippen LogP contribution in [0.15, 0.2) is 40.8 Å². The van der Waals surface area contributed by atoms with Gasteiger partial charge in [0.1, 0.15) is 0 Å². The van der Waals surface area contributed by atoms with Gasteiger partial charge in [0.05, 0.1) is 0 Å². The van der Waals surface area contributed by atoms with E-state index < -0.39 is 0 Å². The Balaban J connectivity index is 1.98. The zero-order valence-corrected chi connectivity index (χ0v) is 9.64. The molecule has 0 bridgehead atoms. The smallest absolute Gasteiger partial charge is 0.200 e. The standard InChI is InChI=1S/C14H13NO2/c1-10(16)13-6-7-14(17-13)15-9-8-11-4-2-3-5-12(11)15/h2-7H,8-9H2,1H3. The Kier molecular flexibility index (Phi) is 2.25. The van der Waals surface area contributed by atoms with Gasteiger partial charge < -0.3 is 9.32 Å². The number of Topliss-reactive ketones (excluding diaryl/α,β-unsaturated/α-hetero) is 1. The van der Waals surface area contributed by atoms with Crippen LogP contribution in [0, 0.1) is 0 Å². The van der Waals surface area contributed by atoms with E-state index in [4.69, 9.17) is 4.42 Å². The summed E-state index contributed by atoms with van der Waals surface area (Å²) in [4.78, 5) is 13.3. The third kappa shape index (κ3) is 1.64. The van der Waals surface area contributed by atoms with Crippen molar-refractivity contribution in [2.45, 2.75) is 13.3 Å². The van der Waals surface area contributed by atoms with Crippen LogP contribution in [0.5, 0.6) is 0 Å². The van der Waals surface area contributed by atoms with Gasteiger partial charge in [-0.1, -0.05) is 18.2 Å². The van der Waals surface area contributed by atoms with Crippen LogP contribution in [0.3, 0.4) is 0 Å². The van der Waals surface area contributed by atoms with Crippen molar-refractivity contribution in [3.8, 4) is 0 Å². The van der Waals surface area contributed by atoms with Crippen LogP contribution in [0.1, 0.15) is 23.0 Å². The zero-order valence-electron chi connectivity index (χ0n) is 9.64. The summed E-state index contributed by atoms with van der Waals surface area (Å²) in [5, 5.41) is 0. The predicted molar refractivity (Wildman–Crippen MR) is 65.9 cm³/mol. The van der Waals surface area contributed by atoms with Gasteiger partial charge in [0, 0.05) is 25.2 Å². The highest BCUT2D eigenvalue weighted by Crippen LogP contribution is 2.35. The second-order valence-electron chi connectivity index (χ2n) is 4.22. The lowest BCUT2D eigenvalue weighted by molar-refractivity contribution is 0.0988. The molecule has 0 unspecified atom stereocenters. The molecule has 2 aromatic rings. The topological polar surface area (TPSA) is 33.5 Å². The van der Waals surface area contributed by atoms with Gasteiger partial charge in [-0.25, -0.2) is 0 Å². The first-order chi connectivity index (χ1) is 8.25. The number of fused-ring (bicyclic) bond motifs is 1. The minimum Gasteiger partial charge on any atom is -0.437 e. The Labute approximate surface area is 99.7 Å². The van der Waals surface area contributed by atoms with Crippen molar-refractivity contribution in [3.63, 3.8) is 0 Å². The van der Waals surface area contributed by atoms with Crippen molar-refractivity contribution in [1.82, 2.24) is 0 Å². The fourth-order valence-electron chi connectivity index (χ4n) is 2.23. The van der Waals surface area contributed by atoms with E-state index in [9.17, 15) is 4.79 Å². The summed E-state index contributed by atoms with van der Waals surface area (Å²) in [6.45, 7) is 2.42. The molecule has 0 radical (unpaired) electrons. The summed E-state index contributed by atoms with van der Waals surface area (Å²) >= 11 is 0. The molecule has 0 atom stereocenters. The van der Waals surface area contributed by atoms with Gasteiger partial charge in [0.15, 0.2) is 11.5 Å². The maximum atomic E-state index is 11.2. The Morgan fingerprint density at radius 3 is 2.82 bits per heavy atom. The molecular weight excluding hydrogens is 214 g/mol. The van der Waals surface area contributed by atoms with Crippen molar-refractivity contribution in [3.05, 3.63) is 47.7 Å². The van der Waals surface area contributed by atoms with Crippen LogP contribution in [-0.2, 0) is 6.42 Å². The SMILES string of the molecule is CC(=O)c1ccc(N2CCc3ccccc32)o1. The Bertz CT molecular complexity index is 571. The quantitative estimate of drug-likeness (QED) is 0.739. The van der Waals surface area contributed by atoms with E-state index in [0.29, 0.717) is 5.76 Å². The number of benzene rings is 1. The summed E-state index contributed by atoms with van der Waals surface area (Å²) in [7, 11) is 0. The van der Waals surface area contributed by atoms with Crippen LogP contribution in [-0.4, -0.2) is 12.3 Å². The molecule has 3 heteroatoms. The number of carbonyl (C=O) groups is 1. The summed E-state index contributed by atoms with van der Waals surface area (Å²) < 4.78 is 5.56. The fourth-order valence-corrected chi connectivity index (χ4v) is 2.23. The zero-order chi connectivity index (χ0) is 11.8. The summed E-state index contributed by atoms with van der Waals surface area (Å²) in [5.41, 5.74) is 2.50. The molecule has 3 nitrogen and oxygen atoms in total. The van der Waals surface area contributed by atoms with E-state index in [1.165, 1.54) is 18.2 Å². The number of carbonyl (C=O) groups excluding carboxylic acids is 1. The van der Waals surface area contributed by atoms with Crippen molar-refractivity contribution in [1.29, 1.82) is 0 Å². The molecule has 0 aliphatic carbocycles. The lowest BCUT2D eigenvalue weighted by atomic mass is 10.2. The maximum Gasteiger partial charge on any atom is 0.200 e. The number of furan rings is 1. The number of para-hydroxylation sites is 1. The molecule has 1 aromatic carbocycles. The molecule has 2 heterocycles. The van der Waals surface area contributed by atoms with Crippen LogP contribution < -0.4 is 4.90 Å². The highest BCUT2D eigenvalue weighted by molar-refractivity contribution is 5.91. The van der Waals surface area contributed by atoms with Crippen molar-refractivity contribution >= 4 is 17.4 Å². The van der Waals surface area contributed by atoms with E-state index in [2.05, 4.69) is 17.0 Å². The summed E-state index contributed by atoms with van der Waals surface area (Å²) in [6.07, 6.45) is 1.02. The highest BCUT2D eigenvalue weighted by atomic mass is 16.4. The lowest BCUT2D eigenvalue weighted by Gasteiger charge is -2.15. The molecule has 1 aromatic heterocycles. The fraction of sp³-hybridized carbons (Fsp3) is 0.214. The third-order valence-corrected chi connectivity index (χ3v) is 3.09. The van der Waals surface area contributed by atoms with E-state index in [0.717, 1.165) is 18.8 Å². The van der Waals surface area contributed by atoms with Gasteiger partial charge in [-0.05, 0) is 24.1 Å². The molecule has 0 amide bonds. The molecule has 0 saturated carbocycles. The minimum absolute atomic E-state index is 0.0382. The normalized spacial score (nSPS) is 13.8. The number of rotatable bonds is 2. The maximum absolute atomic E-state index is 11.2. The van der Waals surface area contributed by atoms with Gasteiger partial charge in [-0.2, -0.15) is 0 Å². The molecular formula is C14H13NO2. The van der Waals surface area contributed by atoms with E-state index >= 15 is 0 Å². The van der Waals surface area contributed by atoms with Gasteiger partial charge in [-0.15, -0.1) is 0 Å². The average Bonchev–Trinajstić information content (AvgIpc) is 2.95. The molecule has 17 heavy (non-hydrogen) atoms. The van der Waals surface area contributed by atoms with Crippen LogP contribution in [0.25, 0.3) is 0 Å². The molecule has 0 saturated heterocycles. The third-order valence-electron chi connectivity index (χ3n) is 3.09. The summed E-state index contributed by atoms with van der Waals surface area (Å²) in [5.74, 6) is 1.13. The first-order valence-corrected chi connectivity index (χ1v) is 5.72. The predicted octanol–water partition coefficient (Wildman–Crippen LogP) is 3.18. The highest BCUT2D eigenvalue weighted by Gasteiger charge is 2.22. The van der Waals surface area contributed by atoms with Crippen molar-refractivity contribution in [2.24, 2.45) is 0 Å². The van der Waals surface area contributed by atoms with Crippen LogP contribution in [0.4, 0.5) is 11.6 Å². The molecule has 1 aliphatic heterocycles. The first-order valence-electron chi connectivity index (χ1n) is 5.72. The van der Waals surface area contributed by atoms with Crippen LogP contribution in [0.2, 0.25) is 0 Å². The number of hydrogen-bond acceptors (Lipinski definition) is 3. The number of anilines is 2. The molecule has 86 valence electrons. The summed E-state index contributed by atoms with van der Waals surface area (Å²) in [6, 6.07) is 11.9. The number of nitrogens with zero attached hydrogens (tertiary/aromatic N) is 1. The largest absolute Gasteiger partial charge is 0.437 e. The second kappa shape index (κ2) is 3.77. The Morgan fingerprint density at radius 1 is 1.24 bits per heavy atom. The monoisotopic (exact) mass is 227 g/mol.